The number of aliphatic hydroxyl groups excluding tert-OH is 1. The van der Waals surface area contributed by atoms with Crippen molar-refractivity contribution < 1.29 is 14.3 Å². The number of carbonyl (C=O) groups excluding carboxylic acids is 1. The Balaban J connectivity index is 1.64. The Morgan fingerprint density at radius 1 is 1.23 bits per heavy atom. The maximum Gasteiger partial charge on any atom is 0.228 e. The van der Waals surface area contributed by atoms with Crippen molar-refractivity contribution in [2.75, 3.05) is 11.5 Å². The molecule has 0 radical (unpaired) electrons. The van der Waals surface area contributed by atoms with Gasteiger partial charge in [-0.25, -0.2) is 9.50 Å². The molecule has 1 aliphatic rings. The van der Waals surface area contributed by atoms with Gasteiger partial charge in [0.2, 0.25) is 5.91 Å². The fourth-order valence-corrected chi connectivity index (χ4v) is 3.50. The van der Waals surface area contributed by atoms with Gasteiger partial charge in [-0.15, -0.1) is 5.10 Å². The molecule has 5 rings (SSSR count). The van der Waals surface area contributed by atoms with E-state index in [4.69, 9.17) is 4.42 Å². The molecule has 1 fully saturated rings. The van der Waals surface area contributed by atoms with E-state index >= 15 is 0 Å². The van der Waals surface area contributed by atoms with E-state index in [9.17, 15) is 9.90 Å². The van der Waals surface area contributed by atoms with Crippen LogP contribution in [0.3, 0.4) is 0 Å². The van der Waals surface area contributed by atoms with Crippen LogP contribution in [-0.4, -0.2) is 38.3 Å². The van der Waals surface area contributed by atoms with Crippen LogP contribution in [0.15, 0.2) is 53.1 Å². The molecule has 26 heavy (non-hydrogen) atoms. The van der Waals surface area contributed by atoms with Crippen LogP contribution in [0.5, 0.6) is 0 Å². The molecule has 1 amide bonds. The molecule has 3 aromatic heterocycles. The maximum atomic E-state index is 12.2. The molecule has 0 bridgehead atoms. The van der Waals surface area contributed by atoms with Crippen molar-refractivity contribution in [3.8, 4) is 11.5 Å². The zero-order chi connectivity index (χ0) is 17.7. The number of rotatable bonds is 3. The summed E-state index contributed by atoms with van der Waals surface area (Å²) in [7, 11) is 0. The Morgan fingerprint density at radius 2 is 2.12 bits per heavy atom. The molecule has 1 aliphatic heterocycles. The quantitative estimate of drug-likeness (QED) is 0.615. The second kappa shape index (κ2) is 5.67. The molecule has 4 aromatic rings. The number of amides is 1. The highest BCUT2D eigenvalue weighted by Gasteiger charge is 2.32. The summed E-state index contributed by atoms with van der Waals surface area (Å²) in [5.74, 6) is 1.14. The Hall–Kier alpha value is -3.19. The molecule has 4 heterocycles. The summed E-state index contributed by atoms with van der Waals surface area (Å²) in [4.78, 5) is 18.2. The van der Waals surface area contributed by atoms with Gasteiger partial charge in [0.15, 0.2) is 17.2 Å². The molecule has 7 heteroatoms. The summed E-state index contributed by atoms with van der Waals surface area (Å²) < 4.78 is 7.60. The van der Waals surface area contributed by atoms with Gasteiger partial charge in [0.25, 0.3) is 0 Å². The van der Waals surface area contributed by atoms with Crippen LogP contribution < -0.4 is 4.90 Å². The molecular weight excluding hydrogens is 332 g/mol. The molecule has 0 saturated carbocycles. The molecule has 130 valence electrons. The second-order valence-electron chi connectivity index (χ2n) is 6.39. The third-order valence-electron chi connectivity index (χ3n) is 4.81. The van der Waals surface area contributed by atoms with Gasteiger partial charge in [0.1, 0.15) is 11.3 Å². The number of aliphatic hydroxyl groups is 1. The molecule has 0 spiro atoms. The second-order valence-corrected chi connectivity index (χ2v) is 6.39. The summed E-state index contributed by atoms with van der Waals surface area (Å²) in [5, 5.41) is 15.2. The number of furan rings is 1. The molecule has 1 aromatic carbocycles. The van der Waals surface area contributed by atoms with Crippen LogP contribution in [0, 0.1) is 0 Å². The summed E-state index contributed by atoms with van der Waals surface area (Å²) in [5.41, 5.74) is 2.17. The Bertz CT molecular complexity index is 1100. The molecule has 0 aliphatic carbocycles. The topological polar surface area (TPSA) is 83.9 Å². The van der Waals surface area contributed by atoms with Crippen molar-refractivity contribution in [3.05, 3.63) is 48.7 Å². The number of aromatic nitrogens is 3. The van der Waals surface area contributed by atoms with Crippen molar-refractivity contribution in [1.29, 1.82) is 0 Å². The number of hydrogen-bond acceptors (Lipinski definition) is 5. The summed E-state index contributed by atoms with van der Waals surface area (Å²) in [6.45, 7) is -0.0776. The third kappa shape index (κ3) is 2.21. The molecule has 1 N–H and O–H groups in total. The first-order valence-corrected chi connectivity index (χ1v) is 8.51. The molecule has 1 atom stereocenters. The standard InChI is InChI=1S/C19H16N4O3/c24-11-13-5-8-19(25)22(13)18-7-6-17-20-10-14(23(17)21-18)16-9-12-3-1-2-4-15(12)26-16/h1-4,6-7,9-10,13,24H,5,8,11H2/t13-/m0/s1. The minimum absolute atomic E-state index is 0.0266. The zero-order valence-electron chi connectivity index (χ0n) is 13.9. The average molecular weight is 348 g/mol. The van der Waals surface area contributed by atoms with Crippen LogP contribution in [0.2, 0.25) is 0 Å². The number of fused-ring (bicyclic) bond motifs is 2. The van der Waals surface area contributed by atoms with Gasteiger partial charge < -0.3 is 9.52 Å². The van der Waals surface area contributed by atoms with E-state index in [1.165, 1.54) is 0 Å². The van der Waals surface area contributed by atoms with E-state index < -0.39 is 0 Å². The number of imidazole rings is 1. The Labute approximate surface area is 148 Å². The maximum absolute atomic E-state index is 12.2. The van der Waals surface area contributed by atoms with Gasteiger partial charge in [-0.2, -0.15) is 0 Å². The highest BCUT2D eigenvalue weighted by Crippen LogP contribution is 2.30. The van der Waals surface area contributed by atoms with E-state index in [0.717, 1.165) is 11.0 Å². The largest absolute Gasteiger partial charge is 0.454 e. The predicted molar refractivity (Wildman–Crippen MR) is 95.8 cm³/mol. The Kier molecular flexibility index (Phi) is 3.29. The van der Waals surface area contributed by atoms with Gasteiger partial charge in [0, 0.05) is 11.8 Å². The SMILES string of the molecule is O=C1CC[C@@H](CO)N1c1ccc2ncc(-c3cc4ccccc4o3)n2n1. The highest BCUT2D eigenvalue weighted by molar-refractivity contribution is 5.95. The van der Waals surface area contributed by atoms with Gasteiger partial charge in [-0.3, -0.25) is 9.69 Å². The monoisotopic (exact) mass is 348 g/mol. The first kappa shape index (κ1) is 15.1. The van der Waals surface area contributed by atoms with E-state index in [2.05, 4.69) is 10.1 Å². The summed E-state index contributed by atoms with van der Waals surface area (Å²) >= 11 is 0. The van der Waals surface area contributed by atoms with Gasteiger partial charge in [0.05, 0.1) is 18.8 Å². The van der Waals surface area contributed by atoms with Gasteiger partial charge in [-0.1, -0.05) is 18.2 Å². The van der Waals surface area contributed by atoms with Gasteiger partial charge >= 0.3 is 0 Å². The number of para-hydroxylation sites is 1. The highest BCUT2D eigenvalue weighted by atomic mass is 16.3. The van der Waals surface area contributed by atoms with Crippen LogP contribution in [0.1, 0.15) is 12.8 Å². The lowest BCUT2D eigenvalue weighted by atomic mass is 10.2. The van der Waals surface area contributed by atoms with E-state index in [1.54, 1.807) is 21.7 Å². The predicted octanol–water partition coefficient (Wildman–Crippen LogP) is 2.63. The number of nitrogens with zero attached hydrogens (tertiary/aromatic N) is 4. The minimum Gasteiger partial charge on any atom is -0.454 e. The number of anilines is 1. The van der Waals surface area contributed by atoms with Crippen molar-refractivity contribution in [3.63, 3.8) is 0 Å². The average Bonchev–Trinajstić information content (AvgIpc) is 3.36. The molecule has 0 unspecified atom stereocenters. The van der Waals surface area contributed by atoms with Crippen LogP contribution in [0.4, 0.5) is 5.82 Å². The lowest BCUT2D eigenvalue weighted by molar-refractivity contribution is -0.117. The van der Waals surface area contributed by atoms with Crippen molar-refractivity contribution in [2.45, 2.75) is 18.9 Å². The van der Waals surface area contributed by atoms with Crippen LogP contribution in [-0.2, 0) is 4.79 Å². The fraction of sp³-hybridized carbons (Fsp3) is 0.211. The number of hydrogen-bond donors (Lipinski definition) is 1. The normalized spacial score (nSPS) is 17.7. The number of benzene rings is 1. The van der Waals surface area contributed by atoms with Crippen LogP contribution >= 0.6 is 0 Å². The third-order valence-corrected chi connectivity index (χ3v) is 4.81. The first-order valence-electron chi connectivity index (χ1n) is 8.51. The van der Waals surface area contributed by atoms with E-state index in [1.807, 2.05) is 36.4 Å². The fourth-order valence-electron chi connectivity index (χ4n) is 3.50. The van der Waals surface area contributed by atoms with E-state index in [0.29, 0.717) is 35.8 Å². The number of carbonyl (C=O) groups is 1. The van der Waals surface area contributed by atoms with E-state index in [-0.39, 0.29) is 18.6 Å². The lowest BCUT2D eigenvalue weighted by Gasteiger charge is -2.21. The van der Waals surface area contributed by atoms with Crippen molar-refractivity contribution in [1.82, 2.24) is 14.6 Å². The summed E-state index contributed by atoms with van der Waals surface area (Å²) in [6.07, 6.45) is 2.76. The molecule has 1 saturated heterocycles. The first-order chi connectivity index (χ1) is 12.7. The minimum atomic E-state index is -0.231. The molecule has 7 nitrogen and oxygen atoms in total. The summed E-state index contributed by atoms with van der Waals surface area (Å²) in [6, 6.07) is 13.1. The smallest absolute Gasteiger partial charge is 0.228 e. The lowest BCUT2D eigenvalue weighted by Crippen LogP contribution is -2.36. The van der Waals surface area contributed by atoms with Crippen molar-refractivity contribution >= 4 is 28.3 Å². The van der Waals surface area contributed by atoms with Crippen molar-refractivity contribution in [2.24, 2.45) is 0 Å². The molecular formula is C19H16N4O3. The van der Waals surface area contributed by atoms with Gasteiger partial charge in [-0.05, 0) is 30.7 Å². The van der Waals surface area contributed by atoms with Crippen LogP contribution in [0.25, 0.3) is 28.1 Å². The Morgan fingerprint density at radius 3 is 2.96 bits per heavy atom. The zero-order valence-corrected chi connectivity index (χ0v) is 13.9.